The molecule has 0 bridgehead atoms. The highest BCUT2D eigenvalue weighted by atomic mass is 16.2. The summed E-state index contributed by atoms with van der Waals surface area (Å²) in [7, 11) is 0. The number of aryl methyl sites for hydroxylation is 2. The summed E-state index contributed by atoms with van der Waals surface area (Å²) >= 11 is 0. The Kier molecular flexibility index (Phi) is 2.54. The lowest BCUT2D eigenvalue weighted by atomic mass is 10.0. The molecule has 0 aliphatic carbocycles. The van der Waals surface area contributed by atoms with E-state index in [0.29, 0.717) is 0 Å². The van der Waals surface area contributed by atoms with Gasteiger partial charge >= 0.3 is 0 Å². The van der Waals surface area contributed by atoms with Crippen molar-refractivity contribution in [3.63, 3.8) is 0 Å². The Balaban J connectivity index is 3.18. The Morgan fingerprint density at radius 1 is 1.33 bits per heavy atom. The van der Waals surface area contributed by atoms with Crippen LogP contribution in [0.15, 0.2) is 24.5 Å². The van der Waals surface area contributed by atoms with Crippen LogP contribution in [0.1, 0.15) is 23.6 Å². The van der Waals surface area contributed by atoms with Crippen molar-refractivity contribution >= 4 is 5.57 Å². The number of benzene rings is 1. The van der Waals surface area contributed by atoms with Crippen LogP contribution in [0.4, 0.5) is 0 Å². The van der Waals surface area contributed by atoms with E-state index < -0.39 is 0 Å². The average molecular weight is 162 g/mol. The summed E-state index contributed by atoms with van der Waals surface area (Å²) in [6.45, 7) is 6.02. The molecule has 1 heteroatoms. The lowest BCUT2D eigenvalue weighted by Crippen LogP contribution is -1.86. The van der Waals surface area contributed by atoms with Crippen LogP contribution in [0.25, 0.3) is 5.57 Å². The molecule has 1 N–H and O–H groups in total. The van der Waals surface area contributed by atoms with E-state index in [9.17, 15) is 0 Å². The molecule has 64 valence electrons. The van der Waals surface area contributed by atoms with Gasteiger partial charge in [0, 0.05) is 0 Å². The Labute approximate surface area is 73.4 Å². The largest absolute Gasteiger partial charge is 0.515 e. The van der Waals surface area contributed by atoms with Gasteiger partial charge < -0.3 is 5.11 Å². The molecular formula is C11H14O. The summed E-state index contributed by atoms with van der Waals surface area (Å²) in [6.07, 6.45) is 1.15. The van der Waals surface area contributed by atoms with Crippen LogP contribution < -0.4 is 0 Å². The smallest absolute Gasteiger partial charge is 0.0826 e. The molecule has 12 heavy (non-hydrogen) atoms. The number of rotatable bonds is 1. The van der Waals surface area contributed by atoms with Gasteiger partial charge in [-0.2, -0.15) is 0 Å². The van der Waals surface area contributed by atoms with Gasteiger partial charge in [-0.25, -0.2) is 0 Å². The molecule has 1 aromatic carbocycles. The minimum Gasteiger partial charge on any atom is -0.515 e. The lowest BCUT2D eigenvalue weighted by molar-refractivity contribution is 0.475. The van der Waals surface area contributed by atoms with Gasteiger partial charge in [0.05, 0.1) is 6.26 Å². The van der Waals surface area contributed by atoms with Crippen molar-refractivity contribution in [1.82, 2.24) is 0 Å². The van der Waals surface area contributed by atoms with Crippen molar-refractivity contribution in [2.45, 2.75) is 20.8 Å². The Bertz CT molecular complexity index is 311. The predicted molar refractivity (Wildman–Crippen MR) is 52.2 cm³/mol. The maximum Gasteiger partial charge on any atom is 0.0826 e. The number of hydrogen-bond donors (Lipinski definition) is 1. The molecule has 0 unspecified atom stereocenters. The third kappa shape index (κ3) is 1.67. The highest BCUT2D eigenvalue weighted by Crippen LogP contribution is 2.18. The maximum absolute atomic E-state index is 8.82. The van der Waals surface area contributed by atoms with Crippen molar-refractivity contribution in [2.24, 2.45) is 0 Å². The zero-order valence-corrected chi connectivity index (χ0v) is 7.76. The molecule has 0 atom stereocenters. The molecule has 0 aromatic heterocycles. The van der Waals surface area contributed by atoms with Crippen molar-refractivity contribution in [3.8, 4) is 0 Å². The van der Waals surface area contributed by atoms with Crippen molar-refractivity contribution in [3.05, 3.63) is 41.2 Å². The first-order valence-electron chi connectivity index (χ1n) is 4.03. The van der Waals surface area contributed by atoms with Crippen LogP contribution in [0.3, 0.4) is 0 Å². The monoisotopic (exact) mass is 162 g/mol. The molecule has 0 radical (unpaired) electrons. The van der Waals surface area contributed by atoms with Gasteiger partial charge in [0.25, 0.3) is 0 Å². The van der Waals surface area contributed by atoms with Crippen molar-refractivity contribution in [2.75, 3.05) is 0 Å². The molecule has 0 saturated carbocycles. The summed E-state index contributed by atoms with van der Waals surface area (Å²) in [4.78, 5) is 0. The fraction of sp³-hybridized carbons (Fsp3) is 0.273. The summed E-state index contributed by atoms with van der Waals surface area (Å²) in [6, 6.07) is 6.20. The minimum absolute atomic E-state index is 0.910. The fourth-order valence-electron chi connectivity index (χ4n) is 1.33. The summed E-state index contributed by atoms with van der Waals surface area (Å²) in [5, 5.41) is 8.82. The standard InChI is InChI=1S/C11H14O/c1-8-4-5-11(9(2)6-8)10(3)7-12/h4-7,12H,1-3H3/b10-7+. The van der Waals surface area contributed by atoms with E-state index in [1.165, 1.54) is 11.1 Å². The van der Waals surface area contributed by atoms with Crippen LogP contribution in [0.2, 0.25) is 0 Å². The van der Waals surface area contributed by atoms with Gasteiger partial charge in [-0.3, -0.25) is 0 Å². The zero-order valence-electron chi connectivity index (χ0n) is 7.76. The number of allylic oxidation sites excluding steroid dienone is 1. The molecule has 0 spiro atoms. The van der Waals surface area contributed by atoms with Gasteiger partial charge in [-0.05, 0) is 37.5 Å². The quantitative estimate of drug-likeness (QED) is 0.628. The van der Waals surface area contributed by atoms with E-state index in [1.807, 2.05) is 13.0 Å². The van der Waals surface area contributed by atoms with Gasteiger partial charge in [0.15, 0.2) is 0 Å². The second-order valence-electron chi connectivity index (χ2n) is 3.13. The Morgan fingerprint density at radius 3 is 2.50 bits per heavy atom. The van der Waals surface area contributed by atoms with Crippen molar-refractivity contribution in [1.29, 1.82) is 0 Å². The van der Waals surface area contributed by atoms with Crippen LogP contribution in [0, 0.1) is 13.8 Å². The van der Waals surface area contributed by atoms with E-state index in [-0.39, 0.29) is 0 Å². The second-order valence-corrected chi connectivity index (χ2v) is 3.13. The summed E-state index contributed by atoms with van der Waals surface area (Å²) < 4.78 is 0. The van der Waals surface area contributed by atoms with E-state index in [0.717, 1.165) is 17.4 Å². The van der Waals surface area contributed by atoms with Gasteiger partial charge in [-0.15, -0.1) is 0 Å². The molecular weight excluding hydrogens is 148 g/mol. The van der Waals surface area contributed by atoms with Crippen LogP contribution in [-0.4, -0.2) is 5.11 Å². The highest BCUT2D eigenvalue weighted by molar-refractivity contribution is 5.65. The Hall–Kier alpha value is -1.24. The molecule has 0 saturated heterocycles. The SMILES string of the molecule is C/C(=C\O)c1ccc(C)cc1C. The molecule has 1 rings (SSSR count). The van der Waals surface area contributed by atoms with E-state index >= 15 is 0 Å². The molecule has 0 aliphatic rings. The number of aliphatic hydroxyl groups is 1. The molecule has 0 fully saturated rings. The fourth-order valence-corrected chi connectivity index (χ4v) is 1.33. The zero-order chi connectivity index (χ0) is 9.14. The minimum atomic E-state index is 0.910. The van der Waals surface area contributed by atoms with Crippen molar-refractivity contribution < 1.29 is 5.11 Å². The predicted octanol–water partition coefficient (Wildman–Crippen LogP) is 3.22. The maximum atomic E-state index is 8.82. The summed E-state index contributed by atoms with van der Waals surface area (Å²) in [5.41, 5.74) is 4.48. The second kappa shape index (κ2) is 3.44. The number of hydrogen-bond acceptors (Lipinski definition) is 1. The lowest BCUT2D eigenvalue weighted by Gasteiger charge is -2.05. The molecule has 0 amide bonds. The number of aliphatic hydroxyl groups excluding tert-OH is 1. The van der Waals surface area contributed by atoms with Crippen LogP contribution in [-0.2, 0) is 0 Å². The van der Waals surface area contributed by atoms with Gasteiger partial charge in [0.1, 0.15) is 0 Å². The van der Waals surface area contributed by atoms with Gasteiger partial charge in [-0.1, -0.05) is 23.8 Å². The third-order valence-electron chi connectivity index (χ3n) is 2.00. The molecule has 1 aromatic rings. The normalized spacial score (nSPS) is 11.8. The first kappa shape index (κ1) is 8.85. The van der Waals surface area contributed by atoms with E-state index in [4.69, 9.17) is 5.11 Å². The van der Waals surface area contributed by atoms with Gasteiger partial charge in [0.2, 0.25) is 0 Å². The topological polar surface area (TPSA) is 20.2 Å². The average Bonchev–Trinajstić information content (AvgIpc) is 2.03. The first-order chi connectivity index (χ1) is 5.65. The summed E-state index contributed by atoms with van der Waals surface area (Å²) in [5.74, 6) is 0. The van der Waals surface area contributed by atoms with Crippen LogP contribution >= 0.6 is 0 Å². The molecule has 1 nitrogen and oxygen atoms in total. The third-order valence-corrected chi connectivity index (χ3v) is 2.00. The molecule has 0 heterocycles. The first-order valence-corrected chi connectivity index (χ1v) is 4.03. The van der Waals surface area contributed by atoms with E-state index in [2.05, 4.69) is 26.0 Å². The highest BCUT2D eigenvalue weighted by Gasteiger charge is 1.99. The van der Waals surface area contributed by atoms with E-state index in [1.54, 1.807) is 0 Å². The Morgan fingerprint density at radius 2 is 2.00 bits per heavy atom. The van der Waals surface area contributed by atoms with Crippen LogP contribution in [0.5, 0.6) is 0 Å². The molecule has 0 aliphatic heterocycles.